The SMILES string of the molecule is I.II.II.I[I-]I.I[I-]I. The van der Waals surface area contributed by atoms with Gasteiger partial charge in [-0.2, -0.15) is 0 Å². The zero-order valence-electron chi connectivity index (χ0n) is 4.19. The van der Waals surface area contributed by atoms with Gasteiger partial charge in [-0.15, -0.1) is 24.0 Å². The van der Waals surface area contributed by atoms with Crippen molar-refractivity contribution in [1.29, 1.82) is 0 Å². The minimum atomic E-state index is 0. The molecule has 0 amide bonds. The van der Waals surface area contributed by atoms with Crippen LogP contribution < -0.4 is 26.5 Å². The maximum atomic E-state index is 2.39. The van der Waals surface area contributed by atoms with Gasteiger partial charge in [0.2, 0.25) is 0 Å². The summed E-state index contributed by atoms with van der Waals surface area (Å²) in [6.07, 6.45) is 0. The molecule has 0 saturated heterocycles. The van der Waals surface area contributed by atoms with E-state index in [1.54, 1.807) is 0 Å². The molecule has 0 aromatic carbocycles. The fourth-order valence-corrected chi connectivity index (χ4v) is 0. The molecule has 11 heavy (non-hydrogen) atoms. The molecule has 0 aliphatic rings. The van der Waals surface area contributed by atoms with Crippen LogP contribution in [0, 0.1) is 0 Å². The van der Waals surface area contributed by atoms with Crippen LogP contribution in [-0.4, -0.2) is 0 Å². The van der Waals surface area contributed by atoms with E-state index in [0.29, 0.717) is 26.5 Å². The van der Waals surface area contributed by atoms with Crippen molar-refractivity contribution in [2.24, 2.45) is 0 Å². The summed E-state index contributed by atoms with van der Waals surface area (Å²) in [5.74, 6) is 0. The first kappa shape index (κ1) is 31.4. The standard InChI is InChI=1S/2I3.2I2.HI/c2*1-3-2;2*1-2;/h;;;;1H/q2*-1;;;. The number of halogens is 11. The molecule has 80 valence electrons. The van der Waals surface area contributed by atoms with Crippen molar-refractivity contribution in [3.8, 4) is 0 Å². The van der Waals surface area contributed by atoms with Gasteiger partial charge >= 0.3 is 101 Å². The molecule has 0 radical (unpaired) electrons. The third-order valence-corrected chi connectivity index (χ3v) is 0. The molecule has 0 atom stereocenters. The molecule has 0 rings (SSSR count). The Hall–Kier alpha value is 8.03. The van der Waals surface area contributed by atoms with E-state index in [2.05, 4.69) is 149 Å². The van der Waals surface area contributed by atoms with Gasteiger partial charge in [-0.05, 0) is 0 Å². The normalized spacial score (nSPS) is 5.09. The number of hydrogen-bond donors (Lipinski definition) is 0. The van der Waals surface area contributed by atoms with Gasteiger partial charge in [-0.25, -0.2) is 0 Å². The van der Waals surface area contributed by atoms with Gasteiger partial charge in [0.25, 0.3) is 0 Å². The molecule has 0 aromatic rings. The second-order valence-corrected chi connectivity index (χ2v) is 32.6. The van der Waals surface area contributed by atoms with Gasteiger partial charge in [-0.1, -0.05) is 0 Å². The van der Waals surface area contributed by atoms with Gasteiger partial charge in [0.15, 0.2) is 0 Å². The van der Waals surface area contributed by atoms with Crippen molar-refractivity contribution in [2.45, 2.75) is 0 Å². The zero-order valence-corrected chi connectivity index (χ0v) is 28.1. The van der Waals surface area contributed by atoms with Crippen LogP contribution in [0.15, 0.2) is 0 Å². The van der Waals surface area contributed by atoms with E-state index < -0.39 is 0 Å². The molecule has 11 heteroatoms. The van der Waals surface area contributed by atoms with Crippen LogP contribution >= 0.6 is 173 Å². The molecule has 0 aliphatic carbocycles. The summed E-state index contributed by atoms with van der Waals surface area (Å²) in [4.78, 5) is 0. The fourth-order valence-electron chi connectivity index (χ4n) is 0. The average Bonchev–Trinajstić information content (AvgIpc) is 1.99. The van der Waals surface area contributed by atoms with Crippen LogP contribution in [0.4, 0.5) is 0 Å². The summed E-state index contributed by atoms with van der Waals surface area (Å²) in [6.45, 7) is 0. The third-order valence-electron chi connectivity index (χ3n) is 0. The molecular weight excluding hydrogens is 1400 g/mol. The van der Waals surface area contributed by atoms with Crippen LogP contribution in [0.25, 0.3) is 0 Å². The molecule has 0 aromatic heterocycles. The molecule has 0 nitrogen and oxygen atoms in total. The monoisotopic (exact) mass is 1400 g/mol. The van der Waals surface area contributed by atoms with Crippen molar-refractivity contribution in [3.05, 3.63) is 0 Å². The summed E-state index contributed by atoms with van der Waals surface area (Å²) in [7, 11) is 0. The van der Waals surface area contributed by atoms with Crippen molar-refractivity contribution >= 4 is 173 Å². The van der Waals surface area contributed by atoms with Gasteiger partial charge < -0.3 is 0 Å². The van der Waals surface area contributed by atoms with Gasteiger partial charge in [0, 0.05) is 74.5 Å². The van der Waals surface area contributed by atoms with Crippen LogP contribution in [0.2, 0.25) is 0 Å². The Morgan fingerprint density at radius 2 is 0.545 bits per heavy atom. The van der Waals surface area contributed by atoms with Crippen LogP contribution in [0.1, 0.15) is 0 Å². The van der Waals surface area contributed by atoms with Gasteiger partial charge in [0.05, 0.1) is 0 Å². The van der Waals surface area contributed by atoms with E-state index in [1.807, 2.05) is 0 Å². The van der Waals surface area contributed by atoms with Gasteiger partial charge in [-0.3, -0.25) is 0 Å². The van der Waals surface area contributed by atoms with Crippen molar-refractivity contribution in [2.75, 3.05) is 0 Å². The second kappa shape index (κ2) is 52.0. The Balaban J connectivity index is -0.0000000144. The van der Waals surface area contributed by atoms with Crippen LogP contribution in [0.5, 0.6) is 0 Å². The summed E-state index contributed by atoms with van der Waals surface area (Å²) in [6, 6.07) is 0. The second-order valence-electron chi connectivity index (χ2n) is 0.108. The summed E-state index contributed by atoms with van der Waals surface area (Å²) in [5.41, 5.74) is 0. The maximum absolute atomic E-state index is 2.39. The van der Waals surface area contributed by atoms with Crippen LogP contribution in [-0.2, 0) is 0 Å². The Bertz CT molecular complexity index is 2.00. The average molecular weight is 1400 g/mol. The molecule has 0 bridgehead atoms. The Kier molecular flexibility index (Phi) is 149. The minimum absolute atomic E-state index is 0. The van der Waals surface area contributed by atoms with Crippen molar-refractivity contribution in [3.63, 3.8) is 0 Å². The van der Waals surface area contributed by atoms with E-state index >= 15 is 0 Å². The van der Waals surface area contributed by atoms with Crippen molar-refractivity contribution in [1.82, 2.24) is 0 Å². The molecule has 0 saturated carbocycles. The molecule has 0 heterocycles. The number of rotatable bonds is 0. The van der Waals surface area contributed by atoms with Gasteiger partial charge in [0.1, 0.15) is 0 Å². The molecular formula is HI11-2. The first-order chi connectivity index (χ1) is 4.83. The van der Waals surface area contributed by atoms with E-state index in [4.69, 9.17) is 0 Å². The topological polar surface area (TPSA) is 0 Å². The zero-order chi connectivity index (χ0) is 9.41. The first-order valence-corrected chi connectivity index (χ1v) is 38.6. The summed E-state index contributed by atoms with van der Waals surface area (Å²) < 4.78 is 0. The molecule has 0 N–H and O–H groups in total. The predicted octanol–water partition coefficient (Wildman–Crippen LogP) is 1.71. The van der Waals surface area contributed by atoms with Crippen molar-refractivity contribution < 1.29 is 26.5 Å². The van der Waals surface area contributed by atoms with E-state index in [-0.39, 0.29) is 24.0 Å². The van der Waals surface area contributed by atoms with E-state index in [9.17, 15) is 0 Å². The quantitative estimate of drug-likeness (QED) is 0.325. The third kappa shape index (κ3) is 71.9. The van der Waals surface area contributed by atoms with E-state index in [1.165, 1.54) is 0 Å². The molecule has 0 unspecified atom stereocenters. The predicted molar refractivity (Wildman–Crippen MR) is 128 cm³/mol. The summed E-state index contributed by atoms with van der Waals surface area (Å²) >= 11 is 19.1. The Morgan fingerprint density at radius 1 is 0.545 bits per heavy atom. The van der Waals surface area contributed by atoms with Crippen LogP contribution in [0.3, 0.4) is 0 Å². The fraction of sp³-hybridized carbons (Fsp3) is 0. The molecule has 0 fully saturated rings. The Labute approximate surface area is 192 Å². The Morgan fingerprint density at radius 3 is 0.545 bits per heavy atom. The first-order valence-electron chi connectivity index (χ1n) is 0.857. The molecule has 0 aliphatic heterocycles. The van der Waals surface area contributed by atoms with E-state index in [0.717, 1.165) is 0 Å². The number of hydrogen-bond acceptors (Lipinski definition) is 0. The molecule has 0 spiro atoms. The summed E-state index contributed by atoms with van der Waals surface area (Å²) in [5, 5.41) is 0.